The summed E-state index contributed by atoms with van der Waals surface area (Å²) in [5.41, 5.74) is 5.82. The number of alkyl halides is 8. The van der Waals surface area contributed by atoms with E-state index >= 15 is 0 Å². The number of nitrogens with zero attached hydrogens (tertiary/aromatic N) is 4. The highest BCUT2D eigenvalue weighted by Crippen LogP contribution is 2.45. The minimum absolute atomic E-state index is 0.0503. The van der Waals surface area contributed by atoms with Crippen LogP contribution < -0.4 is 11.1 Å². The third-order valence-electron chi connectivity index (χ3n) is 7.18. The van der Waals surface area contributed by atoms with Gasteiger partial charge in [0.1, 0.15) is 18.1 Å². The summed E-state index contributed by atoms with van der Waals surface area (Å²) < 4.78 is 105. The van der Waals surface area contributed by atoms with Crippen LogP contribution in [0.3, 0.4) is 0 Å². The van der Waals surface area contributed by atoms with E-state index in [-0.39, 0.29) is 24.4 Å². The normalized spacial score (nSPS) is 17.7. The molecule has 1 fully saturated rings. The maximum atomic E-state index is 14.0. The molecule has 0 aliphatic heterocycles. The van der Waals surface area contributed by atoms with Gasteiger partial charge in [0.25, 0.3) is 5.91 Å². The Kier molecular flexibility index (Phi) is 8.51. The van der Waals surface area contributed by atoms with E-state index in [1.54, 1.807) is 25.1 Å². The van der Waals surface area contributed by atoms with E-state index in [0.29, 0.717) is 21.3 Å². The van der Waals surface area contributed by atoms with Gasteiger partial charge < -0.3 is 16.0 Å². The summed E-state index contributed by atoms with van der Waals surface area (Å²) in [6, 6.07) is 4.00. The number of carbonyl (C=O) groups is 2. The van der Waals surface area contributed by atoms with E-state index in [4.69, 9.17) is 5.73 Å². The summed E-state index contributed by atoms with van der Waals surface area (Å²) in [5.74, 6) is -6.49. The van der Waals surface area contributed by atoms with Gasteiger partial charge in [-0.3, -0.25) is 9.59 Å². The third-order valence-corrected chi connectivity index (χ3v) is 7.18. The molecule has 4 N–H and O–H groups in total. The summed E-state index contributed by atoms with van der Waals surface area (Å²) in [4.78, 5) is 31.8. The summed E-state index contributed by atoms with van der Waals surface area (Å²) in [7, 11) is 0. The first-order valence-corrected chi connectivity index (χ1v) is 13.0. The smallest absolute Gasteiger partial charge is 0.364 e. The van der Waals surface area contributed by atoms with Gasteiger partial charge in [0.2, 0.25) is 11.8 Å². The fourth-order valence-corrected chi connectivity index (χ4v) is 5.16. The van der Waals surface area contributed by atoms with Crippen molar-refractivity contribution in [2.75, 3.05) is 0 Å². The zero-order valence-electron chi connectivity index (χ0n) is 22.1. The second-order valence-corrected chi connectivity index (χ2v) is 10.4. The molecule has 0 unspecified atom stereocenters. The number of primary amides is 1. The summed E-state index contributed by atoms with van der Waals surface area (Å²) in [5, 5.41) is 9.80. The molecule has 1 aliphatic carbocycles. The molecule has 1 aliphatic rings. The molecule has 17 heteroatoms. The predicted molar refractivity (Wildman–Crippen MR) is 131 cm³/mol. The highest BCUT2D eigenvalue weighted by Gasteiger charge is 2.43. The second-order valence-electron chi connectivity index (χ2n) is 10.4. The highest BCUT2D eigenvalue weighted by molar-refractivity contribution is 5.92. The van der Waals surface area contributed by atoms with Crippen molar-refractivity contribution in [3.63, 3.8) is 0 Å². The van der Waals surface area contributed by atoms with Crippen LogP contribution in [0.2, 0.25) is 0 Å². The number of rotatable bonds is 9. The molecule has 0 saturated heterocycles. The fourth-order valence-electron chi connectivity index (χ4n) is 5.16. The first kappa shape index (κ1) is 31.2. The number of hydrogen-bond acceptors (Lipinski definition) is 5. The van der Waals surface area contributed by atoms with Crippen LogP contribution in [0.1, 0.15) is 85.0 Å². The lowest BCUT2D eigenvalue weighted by Gasteiger charge is -2.32. The second kappa shape index (κ2) is 11.5. The van der Waals surface area contributed by atoms with Gasteiger partial charge in [-0.15, -0.1) is 5.10 Å². The highest BCUT2D eigenvalue weighted by atomic mass is 19.4. The molecule has 4 rings (SSSR count). The molecule has 1 aromatic carbocycles. The maximum Gasteiger partial charge on any atom is 0.408 e. The number of H-pyrrole nitrogens is 1. The summed E-state index contributed by atoms with van der Waals surface area (Å²) in [6.07, 6.45) is -12.3. The van der Waals surface area contributed by atoms with Crippen LogP contribution in [-0.4, -0.2) is 55.1 Å². The van der Waals surface area contributed by atoms with E-state index in [0.717, 1.165) is 0 Å². The maximum absolute atomic E-state index is 14.0. The number of fused-ring (bicyclic) bond motifs is 1. The molecule has 2 atom stereocenters. The number of nitrogens with one attached hydrogen (secondary N) is 2. The standard InChI is InChI=1S/C25H27F8N7O2/c1-12(35-17(41)6-9-24(28,29)30)14-2-3-15-16(10-14)37-22(36-15)18(13-4-7-23(26,27)8-5-13)19-20(21(34)42)40(39-38-19)11-25(31,32)33/h2-3,10,12-13,18H,4-9,11H2,1H3,(H2,34,42)(H,35,41)(H,36,37)/t12-,18+/m1/s1. The van der Waals surface area contributed by atoms with Crippen molar-refractivity contribution in [1.29, 1.82) is 0 Å². The van der Waals surface area contributed by atoms with Crippen molar-refractivity contribution in [2.45, 2.75) is 82.2 Å². The monoisotopic (exact) mass is 609 g/mol. The lowest BCUT2D eigenvalue weighted by atomic mass is 9.76. The van der Waals surface area contributed by atoms with Gasteiger partial charge in [-0.05, 0) is 43.4 Å². The average molecular weight is 610 g/mol. The van der Waals surface area contributed by atoms with Crippen molar-refractivity contribution in [3.8, 4) is 0 Å². The minimum Gasteiger partial charge on any atom is -0.364 e. The number of hydrogen-bond donors (Lipinski definition) is 3. The Balaban J connectivity index is 1.69. The molecule has 1 saturated carbocycles. The molecular weight excluding hydrogens is 582 g/mol. The Morgan fingerprint density at radius 2 is 1.81 bits per heavy atom. The van der Waals surface area contributed by atoms with E-state index in [2.05, 4.69) is 25.6 Å². The lowest BCUT2D eigenvalue weighted by molar-refractivity contribution is -0.144. The number of nitrogens with two attached hydrogens (primary N) is 1. The van der Waals surface area contributed by atoms with Gasteiger partial charge in [-0.2, -0.15) is 26.3 Å². The van der Waals surface area contributed by atoms with Gasteiger partial charge in [0, 0.05) is 19.3 Å². The summed E-state index contributed by atoms with van der Waals surface area (Å²) >= 11 is 0. The topological polar surface area (TPSA) is 132 Å². The van der Waals surface area contributed by atoms with Crippen molar-refractivity contribution in [2.24, 2.45) is 11.7 Å². The van der Waals surface area contributed by atoms with Gasteiger partial charge in [0.15, 0.2) is 5.69 Å². The number of carbonyl (C=O) groups excluding carboxylic acids is 2. The molecular formula is C25H27F8N7O2. The molecule has 42 heavy (non-hydrogen) atoms. The first-order chi connectivity index (χ1) is 19.4. The molecule has 2 amide bonds. The largest absolute Gasteiger partial charge is 0.408 e. The van der Waals surface area contributed by atoms with Crippen LogP contribution >= 0.6 is 0 Å². The predicted octanol–water partition coefficient (Wildman–Crippen LogP) is 5.29. The number of imidazole rings is 1. The van der Waals surface area contributed by atoms with Crippen LogP contribution in [0, 0.1) is 5.92 Å². The van der Waals surface area contributed by atoms with Crippen LogP contribution in [0.4, 0.5) is 35.1 Å². The molecule has 230 valence electrons. The fraction of sp³-hybridized carbons (Fsp3) is 0.560. The molecule has 0 spiro atoms. The van der Waals surface area contributed by atoms with Crippen LogP contribution in [0.5, 0.6) is 0 Å². The van der Waals surface area contributed by atoms with E-state index in [1.165, 1.54) is 0 Å². The quantitative estimate of drug-likeness (QED) is 0.284. The molecule has 0 bridgehead atoms. The zero-order chi connectivity index (χ0) is 31.0. The van der Waals surface area contributed by atoms with Crippen LogP contribution in [-0.2, 0) is 11.3 Å². The molecule has 2 heterocycles. The number of aromatic nitrogens is 5. The number of aromatic amines is 1. The molecule has 3 aromatic rings. The van der Waals surface area contributed by atoms with Gasteiger partial charge in [-0.1, -0.05) is 11.3 Å². The van der Waals surface area contributed by atoms with Gasteiger partial charge in [-0.25, -0.2) is 18.4 Å². The van der Waals surface area contributed by atoms with Crippen molar-refractivity contribution >= 4 is 22.8 Å². The van der Waals surface area contributed by atoms with E-state index in [9.17, 15) is 44.7 Å². The SMILES string of the molecule is C[C@@H](NC(=O)CCC(F)(F)F)c1ccc2nc([C@H](c3nnn(CC(F)(F)F)c3C(N)=O)C3CCC(F)(F)CC3)[nH]c2c1. The molecule has 9 nitrogen and oxygen atoms in total. The van der Waals surface area contributed by atoms with Crippen LogP contribution in [0.15, 0.2) is 18.2 Å². The molecule has 2 aromatic heterocycles. The zero-order valence-corrected chi connectivity index (χ0v) is 22.1. The number of benzene rings is 1. The number of halogens is 8. The Labute approximate surface area is 233 Å². The Bertz CT molecular complexity index is 1440. The van der Waals surface area contributed by atoms with Crippen molar-refractivity contribution in [1.82, 2.24) is 30.3 Å². The average Bonchev–Trinajstić information content (AvgIpc) is 3.46. The third kappa shape index (κ3) is 7.53. The Morgan fingerprint density at radius 3 is 2.40 bits per heavy atom. The first-order valence-electron chi connectivity index (χ1n) is 13.0. The summed E-state index contributed by atoms with van der Waals surface area (Å²) in [6.45, 7) is -0.0865. The molecule has 0 radical (unpaired) electrons. The lowest BCUT2D eigenvalue weighted by Crippen LogP contribution is -2.30. The van der Waals surface area contributed by atoms with Crippen molar-refractivity contribution < 1.29 is 44.7 Å². The van der Waals surface area contributed by atoms with E-state index < -0.39 is 85.9 Å². The Hall–Kier alpha value is -3.79. The number of amides is 2. The minimum atomic E-state index is -4.76. The van der Waals surface area contributed by atoms with Crippen molar-refractivity contribution in [3.05, 3.63) is 41.0 Å². The van der Waals surface area contributed by atoms with E-state index in [1.807, 2.05) is 0 Å². The van der Waals surface area contributed by atoms with Crippen LogP contribution in [0.25, 0.3) is 11.0 Å². The Morgan fingerprint density at radius 1 is 1.14 bits per heavy atom. The van der Waals surface area contributed by atoms with Gasteiger partial charge in [0.05, 0.1) is 29.4 Å². The van der Waals surface area contributed by atoms with Gasteiger partial charge >= 0.3 is 12.4 Å².